The van der Waals surface area contributed by atoms with E-state index in [0.29, 0.717) is 10.8 Å². The maximum atomic E-state index is 11.9. The summed E-state index contributed by atoms with van der Waals surface area (Å²) in [7, 11) is 0. The first-order valence-corrected chi connectivity index (χ1v) is 6.72. The van der Waals surface area contributed by atoms with Crippen molar-refractivity contribution in [1.29, 1.82) is 0 Å². The van der Waals surface area contributed by atoms with Gasteiger partial charge in [-0.15, -0.1) is 0 Å². The van der Waals surface area contributed by atoms with Crippen molar-refractivity contribution in [2.45, 2.75) is 32.0 Å². The summed E-state index contributed by atoms with van der Waals surface area (Å²) >= 11 is 5.92. The zero-order valence-electron chi connectivity index (χ0n) is 11.8. The predicted octanol–water partition coefficient (Wildman–Crippen LogP) is 1.45. The molecule has 0 aliphatic carbocycles. The monoisotopic (exact) mass is 315 g/mol. The number of benzene rings is 1. The summed E-state index contributed by atoms with van der Waals surface area (Å²) < 4.78 is 5.41. The van der Waals surface area contributed by atoms with Crippen molar-refractivity contribution in [3.63, 3.8) is 0 Å². The molecule has 0 aliphatic heterocycles. The van der Waals surface area contributed by atoms with Crippen molar-refractivity contribution in [3.8, 4) is 5.75 Å². The third-order valence-corrected chi connectivity index (χ3v) is 3.00. The lowest BCUT2D eigenvalue weighted by atomic mass is 10.0. The van der Waals surface area contributed by atoms with Crippen LogP contribution in [0.2, 0.25) is 5.02 Å². The number of aliphatic carboxylic acids is 1. The topological polar surface area (TPSA) is 95.9 Å². The van der Waals surface area contributed by atoms with Crippen LogP contribution in [0.4, 0.5) is 0 Å². The molecule has 6 nitrogen and oxygen atoms in total. The van der Waals surface area contributed by atoms with Crippen molar-refractivity contribution in [2.24, 2.45) is 0 Å². The van der Waals surface area contributed by atoms with Gasteiger partial charge in [0.15, 0.2) is 6.10 Å². The molecule has 1 amide bonds. The summed E-state index contributed by atoms with van der Waals surface area (Å²) in [5.74, 6) is -1.24. The van der Waals surface area contributed by atoms with Crippen molar-refractivity contribution in [2.75, 3.05) is 6.54 Å². The SMILES string of the molecule is CC(Oc1ccccc1Cl)C(=O)NCC(C)(O)CC(=O)O. The number of hydrogen-bond acceptors (Lipinski definition) is 4. The van der Waals surface area contributed by atoms with E-state index in [1.54, 1.807) is 24.3 Å². The number of halogens is 1. The first-order valence-electron chi connectivity index (χ1n) is 6.34. The summed E-state index contributed by atoms with van der Waals surface area (Å²) in [4.78, 5) is 22.4. The molecule has 0 radical (unpaired) electrons. The standard InChI is InChI=1S/C14H18ClNO5/c1-9(21-11-6-4-3-5-10(11)15)13(19)16-8-14(2,20)7-12(17)18/h3-6,9,20H,7-8H2,1-2H3,(H,16,19)(H,17,18). The van der Waals surface area contributed by atoms with Crippen molar-refractivity contribution < 1.29 is 24.5 Å². The smallest absolute Gasteiger partial charge is 0.306 e. The second-order valence-electron chi connectivity index (χ2n) is 4.98. The van der Waals surface area contributed by atoms with Crippen molar-refractivity contribution in [3.05, 3.63) is 29.3 Å². The summed E-state index contributed by atoms with van der Waals surface area (Å²) in [6.45, 7) is 2.68. The zero-order valence-corrected chi connectivity index (χ0v) is 12.6. The van der Waals surface area contributed by atoms with Gasteiger partial charge in [0, 0.05) is 6.54 Å². The lowest BCUT2D eigenvalue weighted by Crippen LogP contribution is -2.46. The van der Waals surface area contributed by atoms with E-state index in [4.69, 9.17) is 21.4 Å². The maximum absolute atomic E-state index is 11.9. The van der Waals surface area contributed by atoms with E-state index in [9.17, 15) is 14.7 Å². The third kappa shape index (κ3) is 6.01. The predicted molar refractivity (Wildman–Crippen MR) is 77.4 cm³/mol. The van der Waals surface area contributed by atoms with Gasteiger partial charge < -0.3 is 20.3 Å². The number of para-hydroxylation sites is 1. The molecule has 0 aromatic heterocycles. The van der Waals surface area contributed by atoms with E-state index in [1.807, 2.05) is 0 Å². The number of ether oxygens (including phenoxy) is 1. The van der Waals surface area contributed by atoms with Crippen LogP contribution in [0.25, 0.3) is 0 Å². The molecule has 0 saturated carbocycles. The van der Waals surface area contributed by atoms with Crippen LogP contribution >= 0.6 is 11.6 Å². The number of carboxylic acids is 1. The molecule has 116 valence electrons. The molecule has 0 spiro atoms. The Hall–Kier alpha value is -1.79. The highest BCUT2D eigenvalue weighted by atomic mass is 35.5. The molecule has 0 heterocycles. The van der Waals surface area contributed by atoms with Gasteiger partial charge in [-0.1, -0.05) is 23.7 Å². The van der Waals surface area contributed by atoms with Gasteiger partial charge in [0.1, 0.15) is 5.75 Å². The number of amides is 1. The van der Waals surface area contributed by atoms with Crippen LogP contribution in [0.5, 0.6) is 5.75 Å². The zero-order chi connectivity index (χ0) is 16.0. The number of nitrogens with one attached hydrogen (secondary N) is 1. The minimum atomic E-state index is -1.52. The molecule has 1 aromatic rings. The Balaban J connectivity index is 2.52. The first kappa shape index (κ1) is 17.3. The van der Waals surface area contributed by atoms with E-state index >= 15 is 0 Å². The normalized spacial score (nSPS) is 14.9. The highest BCUT2D eigenvalue weighted by molar-refractivity contribution is 6.32. The quantitative estimate of drug-likeness (QED) is 0.707. The van der Waals surface area contributed by atoms with Gasteiger partial charge in [-0.3, -0.25) is 9.59 Å². The molecule has 0 saturated heterocycles. The highest BCUT2D eigenvalue weighted by Crippen LogP contribution is 2.24. The van der Waals surface area contributed by atoms with E-state index < -0.39 is 30.0 Å². The number of carbonyl (C=O) groups is 2. The lowest BCUT2D eigenvalue weighted by molar-refractivity contribution is -0.142. The van der Waals surface area contributed by atoms with Gasteiger partial charge in [-0.25, -0.2) is 0 Å². The molecule has 3 N–H and O–H groups in total. The molecule has 0 bridgehead atoms. The number of aliphatic hydroxyl groups is 1. The highest BCUT2D eigenvalue weighted by Gasteiger charge is 2.26. The number of carbonyl (C=O) groups excluding carboxylic acids is 1. The molecule has 2 atom stereocenters. The van der Waals surface area contributed by atoms with Crippen LogP contribution < -0.4 is 10.1 Å². The van der Waals surface area contributed by atoms with Crippen LogP contribution in [0, 0.1) is 0 Å². The van der Waals surface area contributed by atoms with Gasteiger partial charge in [-0.05, 0) is 26.0 Å². The van der Waals surface area contributed by atoms with Crippen LogP contribution in [0.15, 0.2) is 24.3 Å². The Morgan fingerprint density at radius 3 is 2.62 bits per heavy atom. The van der Waals surface area contributed by atoms with E-state index in [2.05, 4.69) is 5.32 Å². The Kier molecular flexibility index (Phi) is 5.99. The molecule has 0 aliphatic rings. The van der Waals surface area contributed by atoms with Crippen LogP contribution in [-0.4, -0.2) is 40.3 Å². The fourth-order valence-electron chi connectivity index (χ4n) is 1.59. The average molecular weight is 316 g/mol. The minimum Gasteiger partial charge on any atom is -0.481 e. The second-order valence-corrected chi connectivity index (χ2v) is 5.38. The summed E-state index contributed by atoms with van der Waals surface area (Å²) in [5.41, 5.74) is -1.52. The van der Waals surface area contributed by atoms with Crippen LogP contribution in [0.1, 0.15) is 20.3 Å². The molecule has 1 aromatic carbocycles. The Morgan fingerprint density at radius 2 is 2.05 bits per heavy atom. The molecule has 2 unspecified atom stereocenters. The summed E-state index contributed by atoms with van der Waals surface area (Å²) in [5, 5.41) is 21.3. The largest absolute Gasteiger partial charge is 0.481 e. The lowest BCUT2D eigenvalue weighted by Gasteiger charge is -2.23. The van der Waals surface area contributed by atoms with E-state index in [1.165, 1.54) is 13.8 Å². The minimum absolute atomic E-state index is 0.186. The fraction of sp³-hybridized carbons (Fsp3) is 0.429. The van der Waals surface area contributed by atoms with Gasteiger partial charge in [0.25, 0.3) is 5.91 Å². The Bertz CT molecular complexity index is 518. The van der Waals surface area contributed by atoms with E-state index in [-0.39, 0.29) is 6.54 Å². The molecule has 21 heavy (non-hydrogen) atoms. The van der Waals surface area contributed by atoms with Gasteiger partial charge >= 0.3 is 5.97 Å². The number of rotatable bonds is 7. The van der Waals surface area contributed by atoms with Gasteiger partial charge in [0.2, 0.25) is 0 Å². The van der Waals surface area contributed by atoms with Crippen LogP contribution in [0.3, 0.4) is 0 Å². The van der Waals surface area contributed by atoms with Crippen molar-refractivity contribution >= 4 is 23.5 Å². The number of hydrogen-bond donors (Lipinski definition) is 3. The van der Waals surface area contributed by atoms with Crippen molar-refractivity contribution in [1.82, 2.24) is 5.32 Å². The first-order chi connectivity index (χ1) is 9.71. The number of carboxylic acid groups (broad SMARTS) is 1. The fourth-order valence-corrected chi connectivity index (χ4v) is 1.77. The molecule has 7 heteroatoms. The van der Waals surface area contributed by atoms with E-state index in [0.717, 1.165) is 0 Å². The molecule has 1 rings (SSSR count). The molecular formula is C14H18ClNO5. The van der Waals surface area contributed by atoms with Gasteiger partial charge in [0.05, 0.1) is 17.0 Å². The summed E-state index contributed by atoms with van der Waals surface area (Å²) in [6.07, 6.45) is -1.29. The Labute approximate surface area is 127 Å². The molecular weight excluding hydrogens is 298 g/mol. The maximum Gasteiger partial charge on any atom is 0.306 e. The third-order valence-electron chi connectivity index (χ3n) is 2.69. The summed E-state index contributed by atoms with van der Waals surface area (Å²) in [6, 6.07) is 6.73. The molecule has 0 fully saturated rings. The van der Waals surface area contributed by atoms with Gasteiger partial charge in [-0.2, -0.15) is 0 Å². The average Bonchev–Trinajstić information content (AvgIpc) is 2.37. The van der Waals surface area contributed by atoms with Crippen LogP contribution in [-0.2, 0) is 9.59 Å². The second kappa shape index (κ2) is 7.28. The Morgan fingerprint density at radius 1 is 1.43 bits per heavy atom.